The van der Waals surface area contributed by atoms with Crippen LogP contribution in [0.1, 0.15) is 34.6 Å². The Morgan fingerprint density at radius 3 is 1.62 bits per heavy atom. The van der Waals surface area contributed by atoms with E-state index in [2.05, 4.69) is 4.90 Å². The minimum absolute atomic E-state index is 0.0575. The predicted molar refractivity (Wildman–Crippen MR) is 58.1 cm³/mol. The Labute approximate surface area is 95.4 Å². The number of piperazine rings is 1. The molecule has 0 bridgehead atoms. The second-order valence-electron chi connectivity index (χ2n) is 5.64. The highest BCUT2D eigenvalue weighted by molar-refractivity contribution is 4.91. The lowest BCUT2D eigenvalue weighted by Crippen LogP contribution is -2.64. The topological polar surface area (TPSA) is 6.48 Å². The fourth-order valence-electron chi connectivity index (χ4n) is 2.41. The van der Waals surface area contributed by atoms with Crippen LogP contribution in [0, 0.1) is 0 Å². The Kier molecular flexibility index (Phi) is 3.60. The molecule has 0 saturated carbocycles. The molecule has 0 aliphatic carbocycles. The van der Waals surface area contributed by atoms with Gasteiger partial charge in [-0.1, -0.05) is 0 Å². The lowest BCUT2D eigenvalue weighted by Gasteiger charge is -2.49. The van der Waals surface area contributed by atoms with Gasteiger partial charge in [0.25, 0.3) is 0 Å². The zero-order chi connectivity index (χ0) is 12.7. The molecule has 16 heavy (non-hydrogen) atoms. The average Bonchev–Trinajstić information content (AvgIpc) is 2.04. The van der Waals surface area contributed by atoms with Gasteiger partial charge in [-0.05, 0) is 34.6 Å². The van der Waals surface area contributed by atoms with Crippen molar-refractivity contribution in [2.45, 2.75) is 58.5 Å². The first kappa shape index (κ1) is 13.8. The number of nitrogens with zero attached hydrogens (tertiary/aromatic N) is 2. The number of rotatable bonds is 0. The van der Waals surface area contributed by atoms with Crippen molar-refractivity contribution < 1.29 is 13.2 Å². The van der Waals surface area contributed by atoms with E-state index >= 15 is 0 Å². The van der Waals surface area contributed by atoms with Crippen molar-refractivity contribution >= 4 is 0 Å². The van der Waals surface area contributed by atoms with Crippen LogP contribution in [0.25, 0.3) is 0 Å². The van der Waals surface area contributed by atoms with E-state index in [-0.39, 0.29) is 18.1 Å². The van der Waals surface area contributed by atoms with Crippen LogP contribution in [-0.2, 0) is 0 Å². The molecule has 0 aromatic rings. The molecule has 1 aliphatic rings. The van der Waals surface area contributed by atoms with Gasteiger partial charge in [-0.25, -0.2) is 4.90 Å². The molecule has 0 aromatic heterocycles. The van der Waals surface area contributed by atoms with Gasteiger partial charge in [-0.15, -0.1) is 0 Å². The summed E-state index contributed by atoms with van der Waals surface area (Å²) >= 11 is 0. The summed E-state index contributed by atoms with van der Waals surface area (Å²) in [6, 6.07) is -0.548. The number of alkyl halides is 3. The highest BCUT2D eigenvalue weighted by atomic mass is 19.4. The fourth-order valence-corrected chi connectivity index (χ4v) is 2.41. The lowest BCUT2D eigenvalue weighted by atomic mass is 9.98. The van der Waals surface area contributed by atoms with E-state index in [9.17, 15) is 13.2 Å². The van der Waals surface area contributed by atoms with Crippen molar-refractivity contribution in [1.82, 2.24) is 9.80 Å². The Hall–Kier alpha value is -0.290. The smallest absolute Gasteiger partial charge is 0.293 e. The van der Waals surface area contributed by atoms with Crippen molar-refractivity contribution in [3.05, 3.63) is 0 Å². The molecule has 0 unspecified atom stereocenters. The maximum absolute atomic E-state index is 12.7. The van der Waals surface area contributed by atoms with Gasteiger partial charge in [-0.3, -0.25) is 4.90 Å². The third-order valence-electron chi connectivity index (χ3n) is 3.17. The molecule has 2 nitrogen and oxygen atoms in total. The molecule has 0 radical (unpaired) electrons. The van der Waals surface area contributed by atoms with Crippen LogP contribution in [0.2, 0.25) is 0 Å². The zero-order valence-corrected chi connectivity index (χ0v) is 10.6. The normalized spacial score (nSPS) is 30.8. The van der Waals surface area contributed by atoms with Crippen LogP contribution in [0.5, 0.6) is 0 Å². The Morgan fingerprint density at radius 1 is 0.875 bits per heavy atom. The van der Waals surface area contributed by atoms with Crippen LogP contribution < -0.4 is 0 Å². The summed E-state index contributed by atoms with van der Waals surface area (Å²) in [6.07, 6.45) is -4.21. The Bertz CT molecular complexity index is 219. The molecular weight excluding hydrogens is 217 g/mol. The van der Waals surface area contributed by atoms with Crippen molar-refractivity contribution in [1.29, 1.82) is 0 Å². The largest absolute Gasteiger partial charge is 0.460 e. The molecular formula is C11H21F3N2. The summed E-state index contributed by atoms with van der Waals surface area (Å²) in [5.41, 5.74) is -0.0780. The van der Waals surface area contributed by atoms with E-state index in [0.29, 0.717) is 11.4 Å². The van der Waals surface area contributed by atoms with Crippen LogP contribution >= 0.6 is 0 Å². The summed E-state index contributed by atoms with van der Waals surface area (Å²) in [5.74, 6) is 0. The van der Waals surface area contributed by atoms with Crippen LogP contribution in [0.15, 0.2) is 0 Å². The van der Waals surface area contributed by atoms with Crippen molar-refractivity contribution in [2.75, 3.05) is 13.1 Å². The van der Waals surface area contributed by atoms with Crippen molar-refractivity contribution in [2.24, 2.45) is 0 Å². The van der Waals surface area contributed by atoms with Crippen LogP contribution in [0.4, 0.5) is 13.2 Å². The summed E-state index contributed by atoms with van der Waals surface area (Å²) in [7, 11) is 0. The average molecular weight is 238 g/mol. The van der Waals surface area contributed by atoms with E-state index in [0.717, 1.165) is 0 Å². The molecule has 0 spiro atoms. The standard InChI is InChI=1S/C11H21F3N2/c1-8-7-16(11(12,13)14)9(2)6-15(8)10(3,4)5/h8-9H,6-7H2,1-5H3/t8-,9+/m1/s1. The summed E-state index contributed by atoms with van der Waals surface area (Å²) in [5, 5.41) is 0. The van der Waals surface area contributed by atoms with Gasteiger partial charge in [-0.2, -0.15) is 13.2 Å². The second kappa shape index (κ2) is 4.18. The van der Waals surface area contributed by atoms with Gasteiger partial charge < -0.3 is 0 Å². The van der Waals surface area contributed by atoms with E-state index in [1.54, 1.807) is 6.92 Å². The molecule has 1 rings (SSSR count). The van der Waals surface area contributed by atoms with Gasteiger partial charge >= 0.3 is 6.30 Å². The van der Waals surface area contributed by atoms with Gasteiger partial charge in [0.15, 0.2) is 0 Å². The summed E-state index contributed by atoms with van der Waals surface area (Å²) in [4.78, 5) is 2.78. The SMILES string of the molecule is C[C@@H]1CN(C(F)(F)F)[C@@H](C)CN1C(C)(C)C. The van der Waals surface area contributed by atoms with E-state index in [4.69, 9.17) is 0 Å². The van der Waals surface area contributed by atoms with Gasteiger partial charge in [0.1, 0.15) is 0 Å². The molecule has 96 valence electrons. The Balaban J connectivity index is 2.79. The maximum Gasteiger partial charge on any atom is 0.460 e. The van der Waals surface area contributed by atoms with Crippen molar-refractivity contribution in [3.63, 3.8) is 0 Å². The van der Waals surface area contributed by atoms with Crippen LogP contribution in [-0.4, -0.2) is 46.8 Å². The third kappa shape index (κ3) is 2.88. The minimum Gasteiger partial charge on any atom is -0.293 e. The van der Waals surface area contributed by atoms with E-state index in [1.807, 2.05) is 27.7 Å². The molecule has 1 saturated heterocycles. The van der Waals surface area contributed by atoms with E-state index in [1.165, 1.54) is 0 Å². The fraction of sp³-hybridized carbons (Fsp3) is 1.00. The lowest BCUT2D eigenvalue weighted by molar-refractivity contribution is -0.272. The molecule has 2 atom stereocenters. The minimum atomic E-state index is -4.21. The van der Waals surface area contributed by atoms with Gasteiger partial charge in [0.2, 0.25) is 0 Å². The molecule has 5 heteroatoms. The zero-order valence-electron chi connectivity index (χ0n) is 10.6. The maximum atomic E-state index is 12.7. The van der Waals surface area contributed by atoms with Crippen molar-refractivity contribution in [3.8, 4) is 0 Å². The van der Waals surface area contributed by atoms with Gasteiger partial charge in [0, 0.05) is 30.7 Å². The first-order valence-electron chi connectivity index (χ1n) is 5.63. The predicted octanol–water partition coefficient (Wildman–Crippen LogP) is 2.70. The molecule has 0 aromatic carbocycles. The van der Waals surface area contributed by atoms with Crippen LogP contribution in [0.3, 0.4) is 0 Å². The highest BCUT2D eigenvalue weighted by Gasteiger charge is 2.46. The first-order valence-corrected chi connectivity index (χ1v) is 5.63. The van der Waals surface area contributed by atoms with E-state index < -0.39 is 12.3 Å². The highest BCUT2D eigenvalue weighted by Crippen LogP contribution is 2.31. The second-order valence-corrected chi connectivity index (χ2v) is 5.64. The monoisotopic (exact) mass is 238 g/mol. The molecule has 1 fully saturated rings. The molecule has 1 heterocycles. The molecule has 1 aliphatic heterocycles. The summed E-state index contributed by atoms with van der Waals surface area (Å²) in [6.45, 7) is 10.1. The quantitative estimate of drug-likeness (QED) is 0.599. The number of halogens is 3. The summed E-state index contributed by atoms with van der Waals surface area (Å²) < 4.78 is 38.1. The molecule has 0 N–H and O–H groups in total. The Morgan fingerprint density at radius 2 is 1.25 bits per heavy atom. The number of hydrogen-bond acceptors (Lipinski definition) is 2. The molecule has 0 amide bonds. The van der Waals surface area contributed by atoms with Gasteiger partial charge in [0.05, 0.1) is 0 Å². The number of hydrogen-bond donors (Lipinski definition) is 0. The third-order valence-corrected chi connectivity index (χ3v) is 3.17. The first-order chi connectivity index (χ1) is 7.03.